The van der Waals surface area contributed by atoms with Crippen LogP contribution in [0.25, 0.3) is 0 Å². The van der Waals surface area contributed by atoms with E-state index in [-0.39, 0.29) is 11.6 Å². The molecule has 7 nitrogen and oxygen atoms in total. The van der Waals surface area contributed by atoms with Crippen molar-refractivity contribution < 1.29 is 9.90 Å². The van der Waals surface area contributed by atoms with E-state index in [9.17, 15) is 4.79 Å². The number of carbonyl (C=O) groups is 1. The number of carboxylic acids is 1. The highest BCUT2D eigenvalue weighted by Gasteiger charge is 2.27. The van der Waals surface area contributed by atoms with E-state index >= 15 is 0 Å². The minimum Gasteiger partial charge on any atom is -0.477 e. The van der Waals surface area contributed by atoms with Crippen molar-refractivity contribution in [2.24, 2.45) is 7.05 Å². The molecule has 1 aliphatic rings. The maximum absolute atomic E-state index is 11.1. The van der Waals surface area contributed by atoms with Gasteiger partial charge in [-0.1, -0.05) is 0 Å². The van der Waals surface area contributed by atoms with E-state index in [1.54, 1.807) is 15.6 Å². The quantitative estimate of drug-likeness (QED) is 0.816. The van der Waals surface area contributed by atoms with Crippen molar-refractivity contribution in [1.82, 2.24) is 19.6 Å². The van der Waals surface area contributed by atoms with Crippen molar-refractivity contribution >= 4 is 11.8 Å². The topological polar surface area (TPSA) is 85.0 Å². The van der Waals surface area contributed by atoms with E-state index < -0.39 is 5.97 Å². The van der Waals surface area contributed by atoms with Gasteiger partial charge in [0.05, 0.1) is 18.4 Å². The number of anilines is 1. The Kier molecular flexibility index (Phi) is 2.32. The van der Waals surface area contributed by atoms with E-state index in [2.05, 4.69) is 15.5 Å². The van der Waals surface area contributed by atoms with Gasteiger partial charge in [0.2, 0.25) is 0 Å². The van der Waals surface area contributed by atoms with Crippen LogP contribution in [0.5, 0.6) is 0 Å². The molecule has 18 heavy (non-hydrogen) atoms. The summed E-state index contributed by atoms with van der Waals surface area (Å²) in [5.74, 6) is -0.391. The van der Waals surface area contributed by atoms with Gasteiger partial charge in [-0.2, -0.15) is 10.2 Å². The largest absolute Gasteiger partial charge is 0.477 e. The van der Waals surface area contributed by atoms with Crippen LogP contribution in [0.1, 0.15) is 28.4 Å². The Bertz CT molecular complexity index is 600. The van der Waals surface area contributed by atoms with Crippen molar-refractivity contribution in [3.05, 3.63) is 29.7 Å². The molecule has 3 rings (SSSR count). The minimum absolute atomic E-state index is 0.0445. The zero-order chi connectivity index (χ0) is 12.7. The van der Waals surface area contributed by atoms with E-state index in [1.165, 1.54) is 6.20 Å². The fraction of sp³-hybridized carbons (Fsp3) is 0.364. The Morgan fingerprint density at radius 3 is 3.00 bits per heavy atom. The Labute approximate surface area is 103 Å². The molecule has 2 aromatic heterocycles. The first-order valence-corrected chi connectivity index (χ1v) is 5.70. The van der Waals surface area contributed by atoms with Crippen molar-refractivity contribution in [2.45, 2.75) is 12.5 Å². The predicted octanol–water partition coefficient (Wildman–Crippen LogP) is 0.720. The highest BCUT2D eigenvalue weighted by atomic mass is 16.4. The Morgan fingerprint density at radius 1 is 1.50 bits per heavy atom. The van der Waals surface area contributed by atoms with Gasteiger partial charge < -0.3 is 10.4 Å². The van der Waals surface area contributed by atoms with Crippen LogP contribution in [0.3, 0.4) is 0 Å². The summed E-state index contributed by atoms with van der Waals surface area (Å²) in [6.07, 6.45) is 5.97. The summed E-state index contributed by atoms with van der Waals surface area (Å²) in [5, 5.41) is 20.5. The number of aromatic carboxylic acids is 1. The predicted molar refractivity (Wildman–Crippen MR) is 63.6 cm³/mol. The average Bonchev–Trinajstić information content (AvgIpc) is 2.94. The smallest absolute Gasteiger partial charge is 0.341 e. The van der Waals surface area contributed by atoms with Crippen LogP contribution < -0.4 is 5.32 Å². The van der Waals surface area contributed by atoms with Crippen molar-refractivity contribution in [3.8, 4) is 0 Å². The van der Waals surface area contributed by atoms with E-state index in [0.717, 1.165) is 18.5 Å². The molecular formula is C11H13N5O2. The van der Waals surface area contributed by atoms with Crippen LogP contribution in [0.15, 0.2) is 18.6 Å². The van der Waals surface area contributed by atoms with Crippen LogP contribution in [-0.4, -0.2) is 37.2 Å². The molecule has 0 radical (unpaired) electrons. The van der Waals surface area contributed by atoms with Gasteiger partial charge in [0.1, 0.15) is 11.4 Å². The summed E-state index contributed by atoms with van der Waals surface area (Å²) in [7, 11) is 1.86. The molecule has 2 aromatic rings. The fourth-order valence-corrected chi connectivity index (χ4v) is 2.30. The van der Waals surface area contributed by atoms with Gasteiger partial charge >= 0.3 is 5.97 Å². The van der Waals surface area contributed by atoms with Gasteiger partial charge in [-0.25, -0.2) is 9.48 Å². The zero-order valence-electron chi connectivity index (χ0n) is 9.87. The first kappa shape index (κ1) is 10.8. The molecule has 0 fully saturated rings. The van der Waals surface area contributed by atoms with Crippen LogP contribution in [0, 0.1) is 0 Å². The second-order valence-corrected chi connectivity index (χ2v) is 4.34. The molecular weight excluding hydrogens is 234 g/mol. The molecule has 0 aliphatic carbocycles. The summed E-state index contributed by atoms with van der Waals surface area (Å²) in [6, 6.07) is 0.0445. The summed E-state index contributed by atoms with van der Waals surface area (Å²) in [4.78, 5) is 11.1. The molecule has 1 unspecified atom stereocenters. The average molecular weight is 247 g/mol. The molecule has 1 atom stereocenters. The van der Waals surface area contributed by atoms with E-state index in [1.807, 2.05) is 13.2 Å². The summed E-state index contributed by atoms with van der Waals surface area (Å²) >= 11 is 0. The molecule has 7 heteroatoms. The molecule has 1 aliphatic heterocycles. The molecule has 94 valence electrons. The molecule has 2 N–H and O–H groups in total. The van der Waals surface area contributed by atoms with Crippen LogP contribution in [0.2, 0.25) is 0 Å². The summed E-state index contributed by atoms with van der Waals surface area (Å²) in [6.45, 7) is 0.728. The maximum atomic E-state index is 11.1. The molecule has 0 amide bonds. The van der Waals surface area contributed by atoms with Crippen LogP contribution in [0.4, 0.5) is 5.82 Å². The third-order valence-electron chi connectivity index (χ3n) is 3.14. The Morgan fingerprint density at radius 2 is 2.33 bits per heavy atom. The summed E-state index contributed by atoms with van der Waals surface area (Å²) < 4.78 is 3.46. The number of fused-ring (bicyclic) bond motifs is 1. The molecule has 3 heterocycles. The number of aromatic nitrogens is 4. The fourth-order valence-electron chi connectivity index (χ4n) is 2.30. The Hall–Kier alpha value is -2.31. The number of hydrogen-bond donors (Lipinski definition) is 2. The van der Waals surface area contributed by atoms with Gasteiger partial charge in [0.15, 0.2) is 0 Å². The summed E-state index contributed by atoms with van der Waals surface area (Å²) in [5.41, 5.74) is 1.25. The molecule has 0 aromatic carbocycles. The molecule has 0 bridgehead atoms. The first-order valence-electron chi connectivity index (χ1n) is 5.70. The normalized spacial score (nSPS) is 18.2. The van der Waals surface area contributed by atoms with Crippen molar-refractivity contribution in [3.63, 3.8) is 0 Å². The third-order valence-corrected chi connectivity index (χ3v) is 3.14. The lowest BCUT2D eigenvalue weighted by Gasteiger charge is -2.25. The number of rotatable bonds is 2. The molecule has 0 saturated carbocycles. The standard InChI is InChI=1S/C11H13N5O2/c1-15-6-7(4-13-15)9-2-3-12-10-8(11(17)18)5-14-16(9)10/h4-6,9,12H,2-3H2,1H3,(H,17,18). The van der Waals surface area contributed by atoms with Gasteiger partial charge in [0, 0.05) is 25.4 Å². The second-order valence-electron chi connectivity index (χ2n) is 4.34. The van der Waals surface area contributed by atoms with Gasteiger partial charge in [-0.05, 0) is 6.42 Å². The highest BCUT2D eigenvalue weighted by Crippen LogP contribution is 2.30. The van der Waals surface area contributed by atoms with Gasteiger partial charge in [0.25, 0.3) is 0 Å². The highest BCUT2D eigenvalue weighted by molar-refractivity contribution is 5.93. The van der Waals surface area contributed by atoms with Gasteiger partial charge in [-0.3, -0.25) is 4.68 Å². The third kappa shape index (κ3) is 1.55. The maximum Gasteiger partial charge on any atom is 0.341 e. The number of nitrogens with one attached hydrogen (secondary N) is 1. The molecule has 0 spiro atoms. The molecule has 0 saturated heterocycles. The lowest BCUT2D eigenvalue weighted by molar-refractivity contribution is 0.0697. The number of carboxylic acid groups (broad SMARTS) is 1. The lowest BCUT2D eigenvalue weighted by atomic mass is 10.1. The van der Waals surface area contributed by atoms with Crippen molar-refractivity contribution in [2.75, 3.05) is 11.9 Å². The zero-order valence-corrected chi connectivity index (χ0v) is 9.87. The van der Waals surface area contributed by atoms with Crippen LogP contribution >= 0.6 is 0 Å². The van der Waals surface area contributed by atoms with Gasteiger partial charge in [-0.15, -0.1) is 0 Å². The minimum atomic E-state index is -0.962. The second kappa shape index (κ2) is 3.86. The van der Waals surface area contributed by atoms with E-state index in [4.69, 9.17) is 5.11 Å². The lowest BCUT2D eigenvalue weighted by Crippen LogP contribution is -2.25. The number of aryl methyl sites for hydroxylation is 1. The number of hydrogen-bond acceptors (Lipinski definition) is 4. The SMILES string of the molecule is Cn1cc(C2CCNc3c(C(=O)O)cnn32)cn1. The number of nitrogens with zero attached hydrogens (tertiary/aromatic N) is 4. The first-order chi connectivity index (χ1) is 8.66. The monoisotopic (exact) mass is 247 g/mol. The van der Waals surface area contributed by atoms with E-state index in [0.29, 0.717) is 5.82 Å². The van der Waals surface area contributed by atoms with Crippen LogP contribution in [-0.2, 0) is 7.05 Å². The van der Waals surface area contributed by atoms with Crippen molar-refractivity contribution in [1.29, 1.82) is 0 Å². The Balaban J connectivity index is 2.05.